The number of alkyl halides is 3. The molecular weight excluding hydrogens is 343 g/mol. The highest BCUT2D eigenvalue weighted by molar-refractivity contribution is 7.99. The Morgan fingerprint density at radius 3 is 2.04 bits per heavy atom. The summed E-state index contributed by atoms with van der Waals surface area (Å²) in [7, 11) is 0. The first-order chi connectivity index (χ1) is 11.7. The van der Waals surface area contributed by atoms with Gasteiger partial charge in [-0.15, -0.1) is 0 Å². The second-order valence-electron chi connectivity index (χ2n) is 7.07. The Hall–Kier alpha value is -1.62. The Bertz CT molecular complexity index is 781. The maximum Gasteiger partial charge on any atom is 0.406 e. The molecule has 2 aromatic carbocycles. The van der Waals surface area contributed by atoms with Gasteiger partial charge in [0.1, 0.15) is 6.54 Å². The SMILES string of the molecule is CC(C)c1ccc2c(c1)Sc1ccc(C(C)C)cc1N2CC(F)(F)F. The molecule has 1 aliphatic rings. The predicted octanol–water partition coefficient (Wildman–Crippen LogP) is 7.10. The van der Waals surface area contributed by atoms with Gasteiger partial charge in [-0.2, -0.15) is 13.2 Å². The fourth-order valence-corrected chi connectivity index (χ4v) is 4.11. The van der Waals surface area contributed by atoms with Gasteiger partial charge in [0.15, 0.2) is 0 Å². The second-order valence-corrected chi connectivity index (χ2v) is 8.15. The van der Waals surface area contributed by atoms with E-state index < -0.39 is 12.7 Å². The lowest BCUT2D eigenvalue weighted by Gasteiger charge is -2.34. The maximum atomic E-state index is 13.2. The van der Waals surface area contributed by atoms with Gasteiger partial charge in [0.25, 0.3) is 0 Å². The average molecular weight is 365 g/mol. The summed E-state index contributed by atoms with van der Waals surface area (Å²) in [6.45, 7) is 7.30. The van der Waals surface area contributed by atoms with Crippen molar-refractivity contribution in [3.63, 3.8) is 0 Å². The van der Waals surface area contributed by atoms with Gasteiger partial charge in [0.05, 0.1) is 11.4 Å². The lowest BCUT2D eigenvalue weighted by Crippen LogP contribution is -2.32. The molecule has 0 spiro atoms. The monoisotopic (exact) mass is 365 g/mol. The molecule has 1 heterocycles. The largest absolute Gasteiger partial charge is 0.406 e. The van der Waals surface area contributed by atoms with Gasteiger partial charge < -0.3 is 4.90 Å². The zero-order valence-corrected chi connectivity index (χ0v) is 15.6. The molecule has 0 N–H and O–H groups in total. The number of benzene rings is 2. The highest BCUT2D eigenvalue weighted by Crippen LogP contribution is 2.50. The summed E-state index contributed by atoms with van der Waals surface area (Å²) in [4.78, 5) is 3.18. The molecule has 0 atom stereocenters. The first-order valence-corrected chi connectivity index (χ1v) is 9.27. The van der Waals surface area contributed by atoms with Crippen molar-refractivity contribution in [1.29, 1.82) is 0 Å². The standard InChI is InChI=1S/C20H22F3NS/c1-12(2)14-6-8-18-17(9-14)24(11-20(21,22)23)16-7-5-15(13(3)4)10-19(16)25-18/h5-10,12-13H,11H2,1-4H3. The Labute approximate surface area is 151 Å². The minimum atomic E-state index is -4.26. The van der Waals surface area contributed by atoms with Crippen LogP contribution in [0.25, 0.3) is 0 Å². The Kier molecular flexibility index (Phi) is 4.80. The van der Waals surface area contributed by atoms with Crippen molar-refractivity contribution in [2.24, 2.45) is 0 Å². The molecule has 0 radical (unpaired) electrons. The summed E-state index contributed by atoms with van der Waals surface area (Å²) in [5.74, 6) is 0.611. The van der Waals surface area contributed by atoms with Crippen LogP contribution in [-0.4, -0.2) is 12.7 Å². The van der Waals surface area contributed by atoms with Crippen LogP contribution in [0.15, 0.2) is 46.2 Å². The minimum Gasteiger partial charge on any atom is -0.330 e. The van der Waals surface area contributed by atoms with Crippen molar-refractivity contribution in [2.45, 2.75) is 55.5 Å². The van der Waals surface area contributed by atoms with Crippen LogP contribution in [0.2, 0.25) is 0 Å². The number of halogens is 3. The number of hydrogen-bond acceptors (Lipinski definition) is 2. The van der Waals surface area contributed by atoms with Gasteiger partial charge in [0.2, 0.25) is 0 Å². The number of hydrogen-bond donors (Lipinski definition) is 0. The molecule has 134 valence electrons. The van der Waals surface area contributed by atoms with Crippen molar-refractivity contribution < 1.29 is 13.2 Å². The van der Waals surface area contributed by atoms with Gasteiger partial charge in [-0.05, 0) is 47.2 Å². The lowest BCUT2D eigenvalue weighted by molar-refractivity contribution is -0.118. The summed E-state index contributed by atoms with van der Waals surface area (Å²) in [5, 5.41) is 0. The molecule has 1 aliphatic heterocycles. The van der Waals surface area contributed by atoms with Crippen LogP contribution in [0.3, 0.4) is 0 Å². The van der Waals surface area contributed by atoms with Crippen molar-refractivity contribution in [3.8, 4) is 0 Å². The Morgan fingerprint density at radius 1 is 0.840 bits per heavy atom. The Balaban J connectivity index is 2.13. The van der Waals surface area contributed by atoms with E-state index in [-0.39, 0.29) is 5.92 Å². The molecule has 3 rings (SSSR count). The van der Waals surface area contributed by atoms with Crippen LogP contribution in [0, 0.1) is 0 Å². The summed E-state index contributed by atoms with van der Waals surface area (Å²) in [6, 6.07) is 11.6. The normalized spacial score (nSPS) is 14.0. The molecule has 25 heavy (non-hydrogen) atoms. The molecule has 0 unspecified atom stereocenters. The summed E-state index contributed by atoms with van der Waals surface area (Å²) >= 11 is 1.56. The molecule has 0 aromatic heterocycles. The minimum absolute atomic E-state index is 0.271. The van der Waals surface area contributed by atoms with Crippen LogP contribution >= 0.6 is 11.8 Å². The molecule has 0 aliphatic carbocycles. The average Bonchev–Trinajstić information content (AvgIpc) is 2.52. The van der Waals surface area contributed by atoms with Crippen molar-refractivity contribution in [2.75, 3.05) is 11.4 Å². The van der Waals surface area contributed by atoms with Gasteiger partial charge in [-0.1, -0.05) is 51.6 Å². The van der Waals surface area contributed by atoms with Crippen LogP contribution in [0.1, 0.15) is 50.7 Å². The molecule has 2 aromatic rings. The topological polar surface area (TPSA) is 3.24 Å². The van der Waals surface area contributed by atoms with Crippen molar-refractivity contribution in [3.05, 3.63) is 47.5 Å². The molecule has 0 amide bonds. The van der Waals surface area contributed by atoms with Crippen molar-refractivity contribution >= 4 is 23.1 Å². The van der Waals surface area contributed by atoms with Gasteiger partial charge >= 0.3 is 6.18 Å². The van der Waals surface area contributed by atoms with Crippen LogP contribution < -0.4 is 4.90 Å². The van der Waals surface area contributed by atoms with E-state index >= 15 is 0 Å². The molecule has 1 nitrogen and oxygen atoms in total. The van der Waals surface area contributed by atoms with Gasteiger partial charge in [-0.25, -0.2) is 0 Å². The molecular formula is C20H22F3NS. The van der Waals surface area contributed by atoms with Crippen molar-refractivity contribution in [1.82, 2.24) is 0 Å². The van der Waals surface area contributed by atoms with Gasteiger partial charge in [0, 0.05) is 9.79 Å². The third kappa shape index (κ3) is 3.81. The third-order valence-corrected chi connectivity index (χ3v) is 5.55. The van der Waals surface area contributed by atoms with E-state index in [1.165, 1.54) is 4.90 Å². The molecule has 0 saturated carbocycles. The van der Waals surface area contributed by atoms with E-state index in [0.717, 1.165) is 20.9 Å². The van der Waals surface area contributed by atoms with E-state index in [0.29, 0.717) is 17.3 Å². The quantitative estimate of drug-likeness (QED) is 0.571. The second kappa shape index (κ2) is 6.60. The number of rotatable bonds is 3. The van der Waals surface area contributed by atoms with Crippen LogP contribution in [0.5, 0.6) is 0 Å². The summed E-state index contributed by atoms with van der Waals surface area (Å²) in [6.07, 6.45) is -4.26. The fraction of sp³-hybridized carbons (Fsp3) is 0.400. The van der Waals surface area contributed by atoms with E-state index in [4.69, 9.17) is 0 Å². The zero-order valence-electron chi connectivity index (χ0n) is 14.8. The fourth-order valence-electron chi connectivity index (χ4n) is 2.98. The maximum absolute atomic E-state index is 13.2. The predicted molar refractivity (Wildman–Crippen MR) is 98.2 cm³/mol. The summed E-state index contributed by atoms with van der Waals surface area (Å²) in [5.41, 5.74) is 3.48. The van der Waals surface area contributed by atoms with E-state index in [2.05, 4.69) is 27.7 Å². The number of fused-ring (bicyclic) bond motifs is 2. The van der Waals surface area contributed by atoms with E-state index in [1.54, 1.807) is 11.8 Å². The lowest BCUT2D eigenvalue weighted by atomic mass is 10.0. The van der Waals surface area contributed by atoms with Crippen LogP contribution in [-0.2, 0) is 0 Å². The van der Waals surface area contributed by atoms with E-state index in [9.17, 15) is 13.2 Å². The first kappa shape index (κ1) is 18.2. The highest BCUT2D eigenvalue weighted by Gasteiger charge is 2.35. The highest BCUT2D eigenvalue weighted by atomic mass is 32.2. The smallest absolute Gasteiger partial charge is 0.330 e. The molecule has 0 fully saturated rings. The summed E-state index contributed by atoms with van der Waals surface area (Å²) < 4.78 is 39.7. The molecule has 5 heteroatoms. The molecule has 0 saturated heterocycles. The Morgan fingerprint density at radius 2 is 1.44 bits per heavy atom. The third-order valence-electron chi connectivity index (χ3n) is 4.44. The van der Waals surface area contributed by atoms with Crippen LogP contribution in [0.4, 0.5) is 24.5 Å². The zero-order chi connectivity index (χ0) is 18.4. The van der Waals surface area contributed by atoms with Gasteiger partial charge in [-0.3, -0.25) is 0 Å². The van der Waals surface area contributed by atoms with E-state index in [1.807, 2.05) is 36.4 Å². The molecule has 0 bridgehead atoms. The number of anilines is 2. The number of nitrogens with zero attached hydrogens (tertiary/aromatic N) is 1. The first-order valence-electron chi connectivity index (χ1n) is 8.46.